The van der Waals surface area contributed by atoms with E-state index >= 15 is 0 Å². The van der Waals surface area contributed by atoms with Crippen molar-refractivity contribution in [2.75, 3.05) is 26.3 Å². The minimum atomic E-state index is -0.284. The van der Waals surface area contributed by atoms with Gasteiger partial charge < -0.3 is 20.1 Å². The number of nitrogens with one attached hydrogen (secondary N) is 2. The van der Waals surface area contributed by atoms with E-state index in [1.807, 2.05) is 13.0 Å². The average molecular weight is 377 g/mol. The molecule has 0 heterocycles. The Bertz CT molecular complexity index is 752. The molecule has 0 saturated heterocycles. The van der Waals surface area contributed by atoms with Crippen molar-refractivity contribution in [1.82, 2.24) is 10.6 Å². The van der Waals surface area contributed by atoms with Crippen molar-refractivity contribution < 1.29 is 19.1 Å². The van der Waals surface area contributed by atoms with Gasteiger partial charge in [0.25, 0.3) is 11.8 Å². The van der Waals surface area contributed by atoms with Crippen LogP contribution in [0.4, 0.5) is 0 Å². The third-order valence-electron chi connectivity index (χ3n) is 3.33. The summed E-state index contributed by atoms with van der Waals surface area (Å²) in [7, 11) is 0. The Balaban J connectivity index is 1.69. The minimum absolute atomic E-state index is 0.133. The zero-order valence-corrected chi connectivity index (χ0v) is 15.2. The molecule has 0 aliphatic rings. The van der Waals surface area contributed by atoms with Crippen LogP contribution in [0, 0.1) is 0 Å². The average Bonchev–Trinajstić information content (AvgIpc) is 2.64. The molecule has 26 heavy (non-hydrogen) atoms. The summed E-state index contributed by atoms with van der Waals surface area (Å²) in [6.45, 7) is 2.85. The lowest BCUT2D eigenvalue weighted by Gasteiger charge is -2.12. The molecule has 0 fully saturated rings. The fourth-order valence-corrected chi connectivity index (χ4v) is 2.34. The molecule has 138 valence electrons. The molecule has 0 saturated carbocycles. The number of hydrogen-bond donors (Lipinski definition) is 2. The summed E-state index contributed by atoms with van der Waals surface area (Å²) in [6, 6.07) is 13.8. The second-order valence-corrected chi connectivity index (χ2v) is 5.72. The Hall–Kier alpha value is -2.73. The first kappa shape index (κ1) is 19.6. The molecule has 0 unspecified atom stereocenters. The first-order chi connectivity index (χ1) is 12.6. The number of carbonyl (C=O) groups is 2. The topological polar surface area (TPSA) is 76.7 Å². The zero-order valence-electron chi connectivity index (χ0n) is 14.5. The van der Waals surface area contributed by atoms with E-state index in [0.717, 1.165) is 0 Å². The molecule has 2 aromatic rings. The van der Waals surface area contributed by atoms with Gasteiger partial charge in [0.2, 0.25) is 0 Å². The van der Waals surface area contributed by atoms with Gasteiger partial charge in [-0.15, -0.1) is 0 Å². The van der Waals surface area contributed by atoms with E-state index in [-0.39, 0.29) is 18.4 Å². The van der Waals surface area contributed by atoms with Crippen molar-refractivity contribution in [3.8, 4) is 11.5 Å². The molecular formula is C19H21ClN2O4. The first-order valence-corrected chi connectivity index (χ1v) is 8.63. The summed E-state index contributed by atoms with van der Waals surface area (Å²) in [5.41, 5.74) is 0.472. The van der Waals surface area contributed by atoms with Gasteiger partial charge in [0.15, 0.2) is 18.1 Å². The number of para-hydroxylation sites is 2. The van der Waals surface area contributed by atoms with E-state index in [2.05, 4.69) is 10.6 Å². The van der Waals surface area contributed by atoms with Gasteiger partial charge in [-0.25, -0.2) is 0 Å². The quantitative estimate of drug-likeness (QED) is 0.660. The van der Waals surface area contributed by atoms with E-state index in [1.165, 1.54) is 0 Å². The minimum Gasteiger partial charge on any atom is -0.490 e. The van der Waals surface area contributed by atoms with Crippen molar-refractivity contribution >= 4 is 23.4 Å². The number of halogens is 1. The van der Waals surface area contributed by atoms with Gasteiger partial charge in [-0.1, -0.05) is 29.8 Å². The Morgan fingerprint density at radius 1 is 0.962 bits per heavy atom. The van der Waals surface area contributed by atoms with Crippen LogP contribution < -0.4 is 20.1 Å². The highest BCUT2D eigenvalue weighted by molar-refractivity contribution is 6.30. The normalized spacial score (nSPS) is 10.1. The van der Waals surface area contributed by atoms with E-state index in [4.69, 9.17) is 21.1 Å². The molecule has 7 heteroatoms. The van der Waals surface area contributed by atoms with Gasteiger partial charge in [-0.3, -0.25) is 9.59 Å². The number of ether oxygens (including phenoxy) is 2. The number of hydrogen-bond acceptors (Lipinski definition) is 4. The van der Waals surface area contributed by atoms with Gasteiger partial charge in [-0.2, -0.15) is 0 Å². The highest BCUT2D eigenvalue weighted by Crippen LogP contribution is 2.26. The van der Waals surface area contributed by atoms with Gasteiger partial charge in [0.1, 0.15) is 0 Å². The van der Waals surface area contributed by atoms with Crippen molar-refractivity contribution in [2.45, 2.75) is 6.92 Å². The Labute approximate surface area is 157 Å². The van der Waals surface area contributed by atoms with Crippen LogP contribution >= 0.6 is 11.6 Å². The second kappa shape index (κ2) is 10.3. The number of carbonyl (C=O) groups excluding carboxylic acids is 2. The number of benzene rings is 2. The van der Waals surface area contributed by atoms with Crippen molar-refractivity contribution in [3.05, 3.63) is 59.1 Å². The third kappa shape index (κ3) is 6.29. The van der Waals surface area contributed by atoms with Crippen LogP contribution in [0.2, 0.25) is 5.02 Å². The SMILES string of the molecule is CCOc1ccccc1OCC(=O)NCCNC(=O)c1cccc(Cl)c1. The van der Waals surface area contributed by atoms with E-state index < -0.39 is 0 Å². The predicted octanol–water partition coefficient (Wildman–Crippen LogP) is 2.66. The Morgan fingerprint density at radius 2 is 1.65 bits per heavy atom. The van der Waals surface area contributed by atoms with E-state index in [1.54, 1.807) is 42.5 Å². The Morgan fingerprint density at radius 3 is 2.35 bits per heavy atom. The molecule has 0 spiro atoms. The maximum Gasteiger partial charge on any atom is 0.258 e. The first-order valence-electron chi connectivity index (χ1n) is 8.25. The molecule has 6 nitrogen and oxygen atoms in total. The fourth-order valence-electron chi connectivity index (χ4n) is 2.15. The number of rotatable bonds is 9. The lowest BCUT2D eigenvalue weighted by molar-refractivity contribution is -0.123. The fraction of sp³-hybridized carbons (Fsp3) is 0.263. The molecule has 2 rings (SSSR count). The molecule has 0 atom stereocenters. The lowest BCUT2D eigenvalue weighted by atomic mass is 10.2. The summed E-state index contributed by atoms with van der Waals surface area (Å²) in [5, 5.41) is 5.88. The molecule has 0 bridgehead atoms. The molecule has 2 amide bonds. The molecule has 2 aromatic carbocycles. The number of amides is 2. The molecule has 0 radical (unpaired) electrons. The second-order valence-electron chi connectivity index (χ2n) is 5.28. The van der Waals surface area contributed by atoms with Crippen LogP contribution in [-0.4, -0.2) is 38.1 Å². The summed E-state index contributed by atoms with van der Waals surface area (Å²) >= 11 is 5.85. The van der Waals surface area contributed by atoms with Gasteiger partial charge in [0.05, 0.1) is 6.61 Å². The maximum atomic E-state index is 11.9. The summed E-state index contributed by atoms with van der Waals surface area (Å²) < 4.78 is 10.9. The molecule has 0 aromatic heterocycles. The zero-order chi connectivity index (χ0) is 18.8. The summed E-state index contributed by atoms with van der Waals surface area (Å²) in [5.74, 6) is 0.576. The van der Waals surface area contributed by atoms with Crippen LogP contribution in [0.15, 0.2) is 48.5 Å². The van der Waals surface area contributed by atoms with Crippen LogP contribution in [0.3, 0.4) is 0 Å². The molecular weight excluding hydrogens is 356 g/mol. The highest BCUT2D eigenvalue weighted by Gasteiger charge is 2.08. The van der Waals surface area contributed by atoms with Crippen LogP contribution in [-0.2, 0) is 4.79 Å². The summed E-state index contributed by atoms with van der Waals surface area (Å²) in [4.78, 5) is 23.8. The van der Waals surface area contributed by atoms with Gasteiger partial charge in [-0.05, 0) is 37.3 Å². The van der Waals surface area contributed by atoms with E-state index in [0.29, 0.717) is 41.8 Å². The van der Waals surface area contributed by atoms with Crippen molar-refractivity contribution in [2.24, 2.45) is 0 Å². The maximum absolute atomic E-state index is 11.9. The van der Waals surface area contributed by atoms with Crippen LogP contribution in [0.1, 0.15) is 17.3 Å². The lowest BCUT2D eigenvalue weighted by Crippen LogP contribution is -2.36. The largest absolute Gasteiger partial charge is 0.490 e. The highest BCUT2D eigenvalue weighted by atomic mass is 35.5. The third-order valence-corrected chi connectivity index (χ3v) is 3.56. The van der Waals surface area contributed by atoms with Gasteiger partial charge in [0, 0.05) is 23.7 Å². The van der Waals surface area contributed by atoms with Gasteiger partial charge >= 0.3 is 0 Å². The smallest absolute Gasteiger partial charge is 0.258 e. The standard InChI is InChI=1S/C19H21ClN2O4/c1-2-25-16-8-3-4-9-17(16)26-13-18(23)21-10-11-22-19(24)14-6-5-7-15(20)12-14/h3-9,12H,2,10-11,13H2,1H3,(H,21,23)(H,22,24). The molecule has 2 N–H and O–H groups in total. The van der Waals surface area contributed by atoms with Crippen LogP contribution in [0.5, 0.6) is 11.5 Å². The monoisotopic (exact) mass is 376 g/mol. The van der Waals surface area contributed by atoms with Crippen molar-refractivity contribution in [1.29, 1.82) is 0 Å². The molecule has 0 aliphatic heterocycles. The van der Waals surface area contributed by atoms with Crippen molar-refractivity contribution in [3.63, 3.8) is 0 Å². The van der Waals surface area contributed by atoms with Crippen LogP contribution in [0.25, 0.3) is 0 Å². The van der Waals surface area contributed by atoms with E-state index in [9.17, 15) is 9.59 Å². The predicted molar refractivity (Wildman–Crippen MR) is 99.9 cm³/mol. The summed E-state index contributed by atoms with van der Waals surface area (Å²) in [6.07, 6.45) is 0. The Kier molecular flexibility index (Phi) is 7.76. The molecule has 0 aliphatic carbocycles.